The Morgan fingerprint density at radius 1 is 1.00 bits per heavy atom. The van der Waals surface area contributed by atoms with Gasteiger partial charge in [0.25, 0.3) is 0 Å². The van der Waals surface area contributed by atoms with Gasteiger partial charge >= 0.3 is 0 Å². The van der Waals surface area contributed by atoms with Gasteiger partial charge in [-0.1, -0.05) is 34.8 Å². The summed E-state index contributed by atoms with van der Waals surface area (Å²) in [5.74, 6) is -0.0501. The van der Waals surface area contributed by atoms with E-state index in [2.05, 4.69) is 0 Å². The van der Waals surface area contributed by atoms with Crippen LogP contribution in [0.5, 0.6) is 5.75 Å². The van der Waals surface area contributed by atoms with Gasteiger partial charge in [-0.05, 0) is 24.3 Å². The van der Waals surface area contributed by atoms with Gasteiger partial charge in [0.1, 0.15) is 11.6 Å². The third kappa shape index (κ3) is 2.41. The standard InChI is InChI=1S/C13H8Cl3FO/c1-18-11-6-7(17)2-3-8(11)12-9(14)4-5-10(15)13(12)16/h2-6H,1H3. The van der Waals surface area contributed by atoms with Crippen molar-refractivity contribution in [2.45, 2.75) is 0 Å². The average Bonchev–Trinajstić information content (AvgIpc) is 2.36. The van der Waals surface area contributed by atoms with Gasteiger partial charge in [-0.3, -0.25) is 0 Å². The van der Waals surface area contributed by atoms with Crippen molar-refractivity contribution in [2.24, 2.45) is 0 Å². The van der Waals surface area contributed by atoms with E-state index in [0.717, 1.165) is 0 Å². The smallest absolute Gasteiger partial charge is 0.129 e. The molecule has 0 saturated heterocycles. The highest BCUT2D eigenvalue weighted by molar-refractivity contribution is 6.46. The average molecular weight is 306 g/mol. The van der Waals surface area contributed by atoms with E-state index in [0.29, 0.717) is 31.9 Å². The molecule has 0 heterocycles. The molecule has 0 atom stereocenters. The Balaban J connectivity index is 2.73. The second-order valence-electron chi connectivity index (χ2n) is 3.56. The summed E-state index contributed by atoms with van der Waals surface area (Å²) in [6.45, 7) is 0. The molecule has 2 aromatic carbocycles. The quantitative estimate of drug-likeness (QED) is 0.669. The highest BCUT2D eigenvalue weighted by Crippen LogP contribution is 2.42. The zero-order valence-electron chi connectivity index (χ0n) is 9.31. The van der Waals surface area contributed by atoms with Crippen LogP contribution in [0, 0.1) is 5.82 Å². The Morgan fingerprint density at radius 3 is 2.33 bits per heavy atom. The number of hydrogen-bond donors (Lipinski definition) is 0. The molecule has 94 valence electrons. The van der Waals surface area contributed by atoms with E-state index >= 15 is 0 Å². The molecule has 0 saturated carbocycles. The SMILES string of the molecule is COc1cc(F)ccc1-c1c(Cl)ccc(Cl)c1Cl. The minimum absolute atomic E-state index is 0.314. The molecule has 0 spiro atoms. The largest absolute Gasteiger partial charge is 0.496 e. The summed E-state index contributed by atoms with van der Waals surface area (Å²) in [6.07, 6.45) is 0. The summed E-state index contributed by atoms with van der Waals surface area (Å²) in [4.78, 5) is 0. The van der Waals surface area contributed by atoms with E-state index in [1.54, 1.807) is 18.2 Å². The summed E-state index contributed by atoms with van der Waals surface area (Å²) < 4.78 is 18.3. The summed E-state index contributed by atoms with van der Waals surface area (Å²) in [5, 5.41) is 1.12. The number of halogens is 4. The van der Waals surface area contributed by atoms with Gasteiger partial charge in [0.2, 0.25) is 0 Å². The van der Waals surface area contributed by atoms with Crippen LogP contribution in [0.4, 0.5) is 4.39 Å². The first kappa shape index (κ1) is 13.5. The molecule has 2 rings (SSSR count). The van der Waals surface area contributed by atoms with Crippen molar-refractivity contribution in [3.05, 3.63) is 51.2 Å². The van der Waals surface area contributed by atoms with Gasteiger partial charge < -0.3 is 4.74 Å². The van der Waals surface area contributed by atoms with Crippen molar-refractivity contribution in [3.63, 3.8) is 0 Å². The molecule has 0 amide bonds. The fourth-order valence-electron chi connectivity index (χ4n) is 1.65. The maximum absolute atomic E-state index is 13.2. The third-order valence-corrected chi connectivity index (χ3v) is 3.60. The summed E-state index contributed by atoms with van der Waals surface area (Å²) in [5.41, 5.74) is 1.12. The fourth-order valence-corrected chi connectivity index (χ4v) is 2.38. The molecule has 0 aliphatic carbocycles. The lowest BCUT2D eigenvalue weighted by Gasteiger charge is -2.12. The van der Waals surface area contributed by atoms with Crippen LogP contribution < -0.4 is 4.74 Å². The molecule has 1 nitrogen and oxygen atoms in total. The molecule has 5 heteroatoms. The second-order valence-corrected chi connectivity index (χ2v) is 4.76. The van der Waals surface area contributed by atoms with Crippen LogP contribution in [0.15, 0.2) is 30.3 Å². The van der Waals surface area contributed by atoms with E-state index in [1.165, 1.54) is 19.2 Å². The summed E-state index contributed by atoms with van der Waals surface area (Å²) in [7, 11) is 1.45. The molecular formula is C13H8Cl3FO. The zero-order chi connectivity index (χ0) is 13.3. The lowest BCUT2D eigenvalue weighted by molar-refractivity contribution is 0.413. The molecule has 0 bridgehead atoms. The molecule has 0 aromatic heterocycles. The normalized spacial score (nSPS) is 10.5. The first-order valence-corrected chi connectivity index (χ1v) is 6.15. The lowest BCUT2D eigenvalue weighted by atomic mass is 10.0. The van der Waals surface area contributed by atoms with Gasteiger partial charge in [-0.2, -0.15) is 0 Å². The lowest BCUT2D eigenvalue weighted by Crippen LogP contribution is -1.91. The van der Waals surface area contributed by atoms with E-state index in [4.69, 9.17) is 39.5 Å². The minimum atomic E-state index is -0.398. The number of benzene rings is 2. The molecule has 0 N–H and O–H groups in total. The Morgan fingerprint density at radius 2 is 1.67 bits per heavy atom. The Kier molecular flexibility index (Phi) is 4.00. The van der Waals surface area contributed by atoms with Crippen molar-refractivity contribution in [1.29, 1.82) is 0 Å². The topological polar surface area (TPSA) is 9.23 Å². The Hall–Kier alpha value is -0.960. The van der Waals surface area contributed by atoms with Crippen LogP contribution in [0.2, 0.25) is 15.1 Å². The first-order chi connectivity index (χ1) is 8.54. The molecule has 18 heavy (non-hydrogen) atoms. The minimum Gasteiger partial charge on any atom is -0.496 e. The van der Waals surface area contributed by atoms with E-state index < -0.39 is 5.82 Å². The Bertz CT molecular complexity index is 599. The van der Waals surface area contributed by atoms with Crippen LogP contribution in [0.1, 0.15) is 0 Å². The zero-order valence-corrected chi connectivity index (χ0v) is 11.6. The van der Waals surface area contributed by atoms with Crippen molar-refractivity contribution < 1.29 is 9.13 Å². The summed E-state index contributed by atoms with van der Waals surface area (Å²) >= 11 is 18.2. The first-order valence-electron chi connectivity index (χ1n) is 5.02. The van der Waals surface area contributed by atoms with Crippen molar-refractivity contribution in [1.82, 2.24) is 0 Å². The van der Waals surface area contributed by atoms with Gasteiger partial charge in [-0.25, -0.2) is 4.39 Å². The van der Waals surface area contributed by atoms with Crippen molar-refractivity contribution in [2.75, 3.05) is 7.11 Å². The molecule has 0 unspecified atom stereocenters. The summed E-state index contributed by atoms with van der Waals surface area (Å²) in [6, 6.07) is 7.37. The van der Waals surface area contributed by atoms with Gasteiger partial charge in [0.15, 0.2) is 0 Å². The maximum Gasteiger partial charge on any atom is 0.129 e. The third-order valence-electron chi connectivity index (χ3n) is 2.48. The van der Waals surface area contributed by atoms with Crippen molar-refractivity contribution in [3.8, 4) is 16.9 Å². The molecule has 0 aliphatic heterocycles. The van der Waals surface area contributed by atoms with E-state index in [-0.39, 0.29) is 0 Å². The molecule has 2 aromatic rings. The number of hydrogen-bond acceptors (Lipinski definition) is 1. The highest BCUT2D eigenvalue weighted by atomic mass is 35.5. The molecule has 0 radical (unpaired) electrons. The molecule has 0 aliphatic rings. The maximum atomic E-state index is 13.2. The molecular weight excluding hydrogens is 297 g/mol. The number of methoxy groups -OCH3 is 1. The van der Waals surface area contributed by atoms with Crippen LogP contribution in [-0.2, 0) is 0 Å². The second kappa shape index (κ2) is 5.35. The van der Waals surface area contributed by atoms with Crippen LogP contribution in [0.3, 0.4) is 0 Å². The molecule has 0 fully saturated rings. The van der Waals surface area contributed by atoms with Crippen LogP contribution in [-0.4, -0.2) is 7.11 Å². The highest BCUT2D eigenvalue weighted by Gasteiger charge is 2.16. The van der Waals surface area contributed by atoms with E-state index in [1.807, 2.05) is 0 Å². The van der Waals surface area contributed by atoms with Gasteiger partial charge in [-0.15, -0.1) is 0 Å². The number of ether oxygens (including phenoxy) is 1. The van der Waals surface area contributed by atoms with Crippen molar-refractivity contribution >= 4 is 34.8 Å². The van der Waals surface area contributed by atoms with E-state index in [9.17, 15) is 4.39 Å². The predicted molar refractivity (Wildman–Crippen MR) is 73.4 cm³/mol. The van der Waals surface area contributed by atoms with Gasteiger partial charge in [0.05, 0.1) is 22.2 Å². The predicted octanol–water partition coefficient (Wildman–Crippen LogP) is 5.46. The fraction of sp³-hybridized carbons (Fsp3) is 0.0769. The monoisotopic (exact) mass is 304 g/mol. The van der Waals surface area contributed by atoms with Gasteiger partial charge in [0, 0.05) is 17.2 Å². The number of rotatable bonds is 2. The van der Waals surface area contributed by atoms with Crippen LogP contribution in [0.25, 0.3) is 11.1 Å². The van der Waals surface area contributed by atoms with Crippen LogP contribution >= 0.6 is 34.8 Å². The Labute approximate surface area is 119 Å².